The first kappa shape index (κ1) is 19.9. The monoisotopic (exact) mass is 409 g/mol. The Morgan fingerprint density at radius 3 is 2.48 bits per heavy atom. The number of aromatic nitrogens is 2. The lowest BCUT2D eigenvalue weighted by Gasteiger charge is -2.10. The van der Waals surface area contributed by atoms with Gasteiger partial charge >= 0.3 is 5.97 Å². The van der Waals surface area contributed by atoms with E-state index in [-0.39, 0.29) is 17.2 Å². The van der Waals surface area contributed by atoms with Crippen LogP contribution in [0.5, 0.6) is 0 Å². The smallest absolute Gasteiger partial charge is 0.338 e. The van der Waals surface area contributed by atoms with Crippen LogP contribution in [0.3, 0.4) is 0 Å². The fourth-order valence-electron chi connectivity index (χ4n) is 3.30. The van der Waals surface area contributed by atoms with Crippen LogP contribution < -0.4 is 0 Å². The van der Waals surface area contributed by atoms with Gasteiger partial charge in [0.2, 0.25) is 0 Å². The molecule has 0 aliphatic carbocycles. The maximum atomic E-state index is 12.7. The molecule has 0 radical (unpaired) electrons. The summed E-state index contributed by atoms with van der Waals surface area (Å²) in [4.78, 5) is 20.0. The van der Waals surface area contributed by atoms with E-state index in [0.717, 1.165) is 16.6 Å². The van der Waals surface area contributed by atoms with Crippen molar-refractivity contribution in [3.63, 3.8) is 0 Å². The molecule has 31 heavy (non-hydrogen) atoms. The van der Waals surface area contributed by atoms with Crippen molar-refractivity contribution < 1.29 is 14.6 Å². The molecule has 2 N–H and O–H groups in total. The van der Waals surface area contributed by atoms with Crippen LogP contribution in [-0.4, -0.2) is 27.7 Å². The van der Waals surface area contributed by atoms with Gasteiger partial charge in [-0.1, -0.05) is 60.7 Å². The van der Waals surface area contributed by atoms with E-state index in [0.29, 0.717) is 17.5 Å². The first-order valence-corrected chi connectivity index (χ1v) is 9.72. The molecule has 6 heteroatoms. The Morgan fingerprint density at radius 2 is 1.71 bits per heavy atom. The lowest BCUT2D eigenvalue weighted by Crippen LogP contribution is -2.11. The highest BCUT2D eigenvalue weighted by Gasteiger charge is 2.17. The number of aliphatic hydroxyl groups excluding tert-OH is 1. The van der Waals surface area contributed by atoms with Crippen molar-refractivity contribution in [2.45, 2.75) is 6.42 Å². The normalized spacial score (nSPS) is 11.6. The molecule has 0 saturated heterocycles. The first-order valence-electron chi connectivity index (χ1n) is 9.72. The second-order valence-corrected chi connectivity index (χ2v) is 6.93. The molecule has 0 aliphatic rings. The average molecular weight is 409 g/mol. The van der Waals surface area contributed by atoms with Crippen LogP contribution in [0, 0.1) is 11.3 Å². The topological polar surface area (TPSA) is 99.0 Å². The molecule has 152 valence electrons. The summed E-state index contributed by atoms with van der Waals surface area (Å²) in [7, 11) is 0. The van der Waals surface area contributed by atoms with Crippen molar-refractivity contribution in [2.75, 3.05) is 6.61 Å². The zero-order valence-electron chi connectivity index (χ0n) is 16.6. The van der Waals surface area contributed by atoms with Gasteiger partial charge in [0.15, 0.2) is 11.6 Å². The highest BCUT2D eigenvalue weighted by atomic mass is 16.5. The Kier molecular flexibility index (Phi) is 5.77. The number of H-pyrrole nitrogens is 1. The summed E-state index contributed by atoms with van der Waals surface area (Å²) in [6.45, 7) is -0.432. The molecule has 0 bridgehead atoms. The number of hydrogen-bond acceptors (Lipinski definition) is 5. The van der Waals surface area contributed by atoms with Crippen LogP contribution in [-0.2, 0) is 11.2 Å². The maximum absolute atomic E-state index is 12.7. The number of fused-ring (bicyclic) bond motifs is 1. The fourth-order valence-corrected chi connectivity index (χ4v) is 3.30. The van der Waals surface area contributed by atoms with Crippen molar-refractivity contribution in [3.8, 4) is 6.07 Å². The van der Waals surface area contributed by atoms with Gasteiger partial charge in [0.1, 0.15) is 18.2 Å². The SMILES string of the molecule is N#C/C(=C(\O)COC(=O)c1ccccc1Cc1ccccc1)c1nc2ccccc2[nH]1. The zero-order valence-corrected chi connectivity index (χ0v) is 16.6. The van der Waals surface area contributed by atoms with Gasteiger partial charge in [-0.2, -0.15) is 5.26 Å². The Morgan fingerprint density at radius 1 is 1.00 bits per heavy atom. The summed E-state index contributed by atoms with van der Waals surface area (Å²) in [5.41, 5.74) is 3.65. The molecule has 4 aromatic rings. The lowest BCUT2D eigenvalue weighted by molar-refractivity contribution is 0.0501. The third-order valence-electron chi connectivity index (χ3n) is 4.84. The number of carbonyl (C=O) groups is 1. The average Bonchev–Trinajstić information content (AvgIpc) is 3.23. The predicted molar refractivity (Wildman–Crippen MR) is 117 cm³/mol. The van der Waals surface area contributed by atoms with Crippen LogP contribution in [0.25, 0.3) is 16.6 Å². The zero-order chi connectivity index (χ0) is 21.6. The molecule has 0 amide bonds. The molecule has 0 unspecified atom stereocenters. The van der Waals surface area contributed by atoms with Gasteiger partial charge in [-0.25, -0.2) is 9.78 Å². The Balaban J connectivity index is 1.52. The van der Waals surface area contributed by atoms with Gasteiger partial charge in [0.05, 0.1) is 16.6 Å². The van der Waals surface area contributed by atoms with Gasteiger partial charge in [0, 0.05) is 0 Å². The van der Waals surface area contributed by atoms with Crippen LogP contribution in [0.4, 0.5) is 0 Å². The predicted octanol–water partition coefficient (Wildman–Crippen LogP) is 4.80. The number of rotatable bonds is 6. The summed E-state index contributed by atoms with van der Waals surface area (Å²) < 4.78 is 5.31. The van der Waals surface area contributed by atoms with Gasteiger partial charge in [-0.05, 0) is 35.7 Å². The number of imidazole rings is 1. The largest absolute Gasteiger partial charge is 0.507 e. The quantitative estimate of drug-likeness (QED) is 0.271. The maximum Gasteiger partial charge on any atom is 0.338 e. The summed E-state index contributed by atoms with van der Waals surface area (Å²) in [6.07, 6.45) is 0.580. The minimum atomic E-state index is -0.569. The Hall–Kier alpha value is -4.37. The molecule has 6 nitrogen and oxygen atoms in total. The second kappa shape index (κ2) is 8.97. The minimum Gasteiger partial charge on any atom is -0.507 e. The molecular formula is C25H19N3O3. The lowest BCUT2D eigenvalue weighted by atomic mass is 10.00. The molecule has 0 aliphatic heterocycles. The summed E-state index contributed by atoms with van der Waals surface area (Å²) >= 11 is 0. The van der Waals surface area contributed by atoms with Crippen LogP contribution in [0.15, 0.2) is 84.6 Å². The van der Waals surface area contributed by atoms with Crippen molar-refractivity contribution >= 4 is 22.6 Å². The number of ether oxygens (including phenoxy) is 1. The molecular weight excluding hydrogens is 390 g/mol. The molecule has 0 fully saturated rings. The number of aliphatic hydroxyl groups is 1. The van der Waals surface area contributed by atoms with E-state index in [9.17, 15) is 15.2 Å². The van der Waals surface area contributed by atoms with E-state index >= 15 is 0 Å². The molecule has 0 spiro atoms. The number of para-hydroxylation sites is 2. The number of aromatic amines is 1. The third kappa shape index (κ3) is 4.46. The molecule has 0 atom stereocenters. The molecule has 3 aromatic carbocycles. The van der Waals surface area contributed by atoms with Crippen LogP contribution in [0.1, 0.15) is 27.3 Å². The van der Waals surface area contributed by atoms with Gasteiger partial charge in [0.25, 0.3) is 0 Å². The van der Waals surface area contributed by atoms with E-state index in [1.807, 2.05) is 66.7 Å². The van der Waals surface area contributed by atoms with E-state index in [2.05, 4.69) is 9.97 Å². The number of nitrogens with zero attached hydrogens (tertiary/aromatic N) is 2. The van der Waals surface area contributed by atoms with Gasteiger partial charge in [-0.15, -0.1) is 0 Å². The van der Waals surface area contributed by atoms with Crippen molar-refractivity contribution in [2.24, 2.45) is 0 Å². The van der Waals surface area contributed by atoms with Gasteiger partial charge in [-0.3, -0.25) is 0 Å². The summed E-state index contributed by atoms with van der Waals surface area (Å²) in [5, 5.41) is 19.9. The Labute approximate surface area is 179 Å². The van der Waals surface area contributed by atoms with E-state index in [1.54, 1.807) is 18.2 Å². The minimum absolute atomic E-state index is 0.0680. The highest BCUT2D eigenvalue weighted by molar-refractivity contribution is 5.91. The highest BCUT2D eigenvalue weighted by Crippen LogP contribution is 2.20. The number of hydrogen-bond donors (Lipinski definition) is 2. The molecule has 1 aromatic heterocycles. The third-order valence-corrected chi connectivity index (χ3v) is 4.84. The Bertz CT molecular complexity index is 1270. The van der Waals surface area contributed by atoms with Crippen LogP contribution in [0.2, 0.25) is 0 Å². The number of benzene rings is 3. The number of nitriles is 1. The van der Waals surface area contributed by atoms with Crippen LogP contribution >= 0.6 is 0 Å². The van der Waals surface area contributed by atoms with E-state index in [4.69, 9.17) is 4.74 Å². The van der Waals surface area contributed by atoms with Crippen molar-refractivity contribution in [3.05, 3.63) is 107 Å². The molecule has 1 heterocycles. The van der Waals surface area contributed by atoms with Crippen molar-refractivity contribution in [1.29, 1.82) is 5.26 Å². The summed E-state index contributed by atoms with van der Waals surface area (Å²) in [5.74, 6) is -0.711. The summed E-state index contributed by atoms with van der Waals surface area (Å²) in [6, 6.07) is 26.2. The number of allylic oxidation sites excluding steroid dienone is 1. The molecule has 4 rings (SSSR count). The number of esters is 1. The second-order valence-electron chi connectivity index (χ2n) is 6.93. The van der Waals surface area contributed by atoms with E-state index in [1.165, 1.54) is 0 Å². The van der Waals surface area contributed by atoms with E-state index < -0.39 is 12.6 Å². The fraction of sp³-hybridized carbons (Fsp3) is 0.0800. The standard InChI is InChI=1S/C25H19N3O3/c26-15-20(24-27-21-12-6-7-13-22(21)28-24)23(29)16-31-25(30)19-11-5-4-10-18(19)14-17-8-2-1-3-9-17/h1-13,29H,14,16H2,(H,27,28)/b23-20+. The molecule has 0 saturated carbocycles. The number of carbonyl (C=O) groups excluding carboxylic acids is 1. The number of nitrogens with one attached hydrogen (secondary N) is 1. The first-order chi connectivity index (χ1) is 15.2. The van der Waals surface area contributed by atoms with Gasteiger partial charge < -0.3 is 14.8 Å². The van der Waals surface area contributed by atoms with Crippen molar-refractivity contribution in [1.82, 2.24) is 9.97 Å².